The second kappa shape index (κ2) is 8.13. The summed E-state index contributed by atoms with van der Waals surface area (Å²) in [5.41, 5.74) is 0.668. The lowest BCUT2D eigenvalue weighted by atomic mass is 9.98. The van der Waals surface area contributed by atoms with E-state index in [1.807, 2.05) is 6.07 Å². The van der Waals surface area contributed by atoms with E-state index < -0.39 is 0 Å². The Morgan fingerprint density at radius 3 is 2.36 bits per heavy atom. The van der Waals surface area contributed by atoms with E-state index in [4.69, 9.17) is 0 Å². The van der Waals surface area contributed by atoms with Crippen LogP contribution in [-0.2, 0) is 6.54 Å². The SMILES string of the molecule is CN=C(NCc1ccccc1F)NCC(C1CC1)C1CC1.I. The van der Waals surface area contributed by atoms with E-state index in [-0.39, 0.29) is 29.8 Å². The average Bonchev–Trinajstić information content (AvgIpc) is 3.38. The Morgan fingerprint density at radius 1 is 1.18 bits per heavy atom. The Bertz CT molecular complexity index is 500. The van der Waals surface area contributed by atoms with Gasteiger partial charge in [0.25, 0.3) is 0 Å². The van der Waals surface area contributed by atoms with Crippen molar-refractivity contribution in [3.63, 3.8) is 0 Å². The molecule has 1 aromatic carbocycles. The van der Waals surface area contributed by atoms with Gasteiger partial charge in [-0.15, -0.1) is 24.0 Å². The van der Waals surface area contributed by atoms with Crippen molar-refractivity contribution in [1.82, 2.24) is 10.6 Å². The summed E-state index contributed by atoms with van der Waals surface area (Å²) in [5, 5.41) is 6.62. The van der Waals surface area contributed by atoms with Crippen LogP contribution >= 0.6 is 24.0 Å². The van der Waals surface area contributed by atoms with E-state index in [9.17, 15) is 4.39 Å². The predicted molar refractivity (Wildman–Crippen MR) is 99.0 cm³/mol. The monoisotopic (exact) mass is 417 g/mol. The Balaban J connectivity index is 0.00000176. The number of hydrogen-bond acceptors (Lipinski definition) is 1. The zero-order valence-corrected chi connectivity index (χ0v) is 15.3. The molecule has 0 aliphatic heterocycles. The van der Waals surface area contributed by atoms with Gasteiger partial charge in [0.05, 0.1) is 0 Å². The van der Waals surface area contributed by atoms with E-state index in [0.717, 1.165) is 30.3 Å². The molecule has 2 N–H and O–H groups in total. The van der Waals surface area contributed by atoms with Crippen molar-refractivity contribution >= 4 is 29.9 Å². The van der Waals surface area contributed by atoms with Crippen LogP contribution in [0.25, 0.3) is 0 Å². The fraction of sp³-hybridized carbons (Fsp3) is 0.588. The molecule has 22 heavy (non-hydrogen) atoms. The molecule has 0 bridgehead atoms. The third kappa shape index (κ3) is 4.83. The minimum absolute atomic E-state index is 0. The highest BCUT2D eigenvalue weighted by Crippen LogP contribution is 2.48. The van der Waals surface area contributed by atoms with Crippen molar-refractivity contribution in [3.05, 3.63) is 35.6 Å². The van der Waals surface area contributed by atoms with Gasteiger partial charge >= 0.3 is 0 Å². The first-order chi connectivity index (χ1) is 10.3. The third-order valence-electron chi connectivity index (χ3n) is 4.59. The van der Waals surface area contributed by atoms with Gasteiger partial charge in [0, 0.05) is 25.7 Å². The maximum absolute atomic E-state index is 13.6. The summed E-state index contributed by atoms with van der Waals surface area (Å²) in [6.45, 7) is 1.45. The molecule has 2 aliphatic rings. The summed E-state index contributed by atoms with van der Waals surface area (Å²) >= 11 is 0. The number of nitrogens with one attached hydrogen (secondary N) is 2. The quantitative estimate of drug-likeness (QED) is 0.422. The van der Waals surface area contributed by atoms with Gasteiger partial charge in [-0.25, -0.2) is 4.39 Å². The number of rotatable bonds is 6. The van der Waals surface area contributed by atoms with E-state index in [2.05, 4.69) is 15.6 Å². The maximum atomic E-state index is 13.6. The topological polar surface area (TPSA) is 36.4 Å². The first-order valence-electron chi connectivity index (χ1n) is 7.96. The lowest BCUT2D eigenvalue weighted by molar-refractivity contribution is 0.400. The van der Waals surface area contributed by atoms with Crippen molar-refractivity contribution in [2.75, 3.05) is 13.6 Å². The molecule has 0 amide bonds. The molecule has 3 rings (SSSR count). The highest BCUT2D eigenvalue weighted by molar-refractivity contribution is 14.0. The van der Waals surface area contributed by atoms with Crippen LogP contribution in [0.15, 0.2) is 29.3 Å². The Hall–Kier alpha value is -0.850. The van der Waals surface area contributed by atoms with E-state index in [0.29, 0.717) is 12.1 Å². The van der Waals surface area contributed by atoms with Crippen molar-refractivity contribution in [1.29, 1.82) is 0 Å². The third-order valence-corrected chi connectivity index (χ3v) is 4.59. The molecule has 0 spiro atoms. The molecule has 0 radical (unpaired) electrons. The van der Waals surface area contributed by atoms with Crippen molar-refractivity contribution < 1.29 is 4.39 Å². The maximum Gasteiger partial charge on any atom is 0.191 e. The minimum atomic E-state index is -0.172. The summed E-state index contributed by atoms with van der Waals surface area (Å²) in [6, 6.07) is 6.85. The van der Waals surface area contributed by atoms with Gasteiger partial charge in [-0.2, -0.15) is 0 Å². The van der Waals surface area contributed by atoms with Crippen LogP contribution in [-0.4, -0.2) is 19.6 Å². The molecule has 2 aliphatic carbocycles. The van der Waals surface area contributed by atoms with Crippen molar-refractivity contribution in [3.8, 4) is 0 Å². The minimum Gasteiger partial charge on any atom is -0.356 e. The molecule has 0 atom stereocenters. The van der Waals surface area contributed by atoms with Gasteiger partial charge in [-0.05, 0) is 49.5 Å². The van der Waals surface area contributed by atoms with Gasteiger partial charge in [-0.1, -0.05) is 18.2 Å². The molecule has 5 heteroatoms. The molecule has 1 aromatic rings. The van der Waals surface area contributed by atoms with Crippen LogP contribution in [0.3, 0.4) is 0 Å². The number of guanidine groups is 1. The van der Waals surface area contributed by atoms with E-state index in [1.165, 1.54) is 31.7 Å². The molecule has 3 nitrogen and oxygen atoms in total. The van der Waals surface area contributed by atoms with Crippen LogP contribution in [0.5, 0.6) is 0 Å². The van der Waals surface area contributed by atoms with Crippen LogP contribution < -0.4 is 10.6 Å². The lowest BCUT2D eigenvalue weighted by Crippen LogP contribution is -2.40. The van der Waals surface area contributed by atoms with E-state index in [1.54, 1.807) is 19.2 Å². The molecule has 0 heterocycles. The van der Waals surface area contributed by atoms with Crippen molar-refractivity contribution in [2.24, 2.45) is 22.7 Å². The highest BCUT2D eigenvalue weighted by Gasteiger charge is 2.41. The number of aliphatic imine (C=N–C) groups is 1. The molecule has 2 fully saturated rings. The van der Waals surface area contributed by atoms with Crippen LogP contribution in [0, 0.1) is 23.6 Å². The summed E-state index contributed by atoms with van der Waals surface area (Å²) < 4.78 is 13.6. The second-order valence-corrected chi connectivity index (χ2v) is 6.24. The number of benzene rings is 1. The largest absolute Gasteiger partial charge is 0.356 e. The molecule has 2 saturated carbocycles. The first-order valence-corrected chi connectivity index (χ1v) is 7.96. The second-order valence-electron chi connectivity index (χ2n) is 6.24. The molecular formula is C17H25FIN3. The molecule has 0 aromatic heterocycles. The number of halogens is 2. The predicted octanol–water partition coefficient (Wildman–Crippen LogP) is 3.54. The fourth-order valence-corrected chi connectivity index (χ4v) is 3.02. The van der Waals surface area contributed by atoms with Gasteiger partial charge < -0.3 is 10.6 Å². The van der Waals surface area contributed by atoms with Gasteiger partial charge in [0.1, 0.15) is 5.82 Å². The Morgan fingerprint density at radius 2 is 1.82 bits per heavy atom. The fourth-order valence-electron chi connectivity index (χ4n) is 3.02. The van der Waals surface area contributed by atoms with Gasteiger partial charge in [0.15, 0.2) is 5.96 Å². The molecule has 0 saturated heterocycles. The Labute approximate surface area is 149 Å². The summed E-state index contributed by atoms with van der Waals surface area (Å²) in [4.78, 5) is 4.24. The number of hydrogen-bond donors (Lipinski definition) is 2. The Kier molecular flexibility index (Phi) is 6.47. The van der Waals surface area contributed by atoms with Crippen LogP contribution in [0.2, 0.25) is 0 Å². The van der Waals surface area contributed by atoms with Gasteiger partial charge in [-0.3, -0.25) is 4.99 Å². The number of nitrogens with zero attached hydrogens (tertiary/aromatic N) is 1. The zero-order chi connectivity index (χ0) is 14.7. The molecular weight excluding hydrogens is 392 g/mol. The first kappa shape index (κ1) is 17.5. The van der Waals surface area contributed by atoms with Crippen LogP contribution in [0.4, 0.5) is 4.39 Å². The average molecular weight is 417 g/mol. The highest BCUT2D eigenvalue weighted by atomic mass is 127. The summed E-state index contributed by atoms with van der Waals surface area (Å²) in [5.74, 6) is 3.25. The van der Waals surface area contributed by atoms with Crippen molar-refractivity contribution in [2.45, 2.75) is 32.2 Å². The van der Waals surface area contributed by atoms with E-state index >= 15 is 0 Å². The molecule has 122 valence electrons. The van der Waals surface area contributed by atoms with Gasteiger partial charge in [0.2, 0.25) is 0 Å². The summed E-state index contributed by atoms with van der Waals surface area (Å²) in [7, 11) is 1.76. The standard InChI is InChI=1S/C17H24FN3.HI/c1-19-17(20-10-14-4-2-3-5-16(14)18)21-11-15(12-6-7-12)13-8-9-13;/h2-5,12-13,15H,6-11H2,1H3,(H2,19,20,21);1H. The normalized spacial score (nSPS) is 18.0. The lowest BCUT2D eigenvalue weighted by Gasteiger charge is -2.18. The smallest absolute Gasteiger partial charge is 0.191 e. The van der Waals surface area contributed by atoms with Crippen LogP contribution in [0.1, 0.15) is 31.2 Å². The summed E-state index contributed by atoms with van der Waals surface area (Å²) in [6.07, 6.45) is 5.57. The molecule has 0 unspecified atom stereocenters. The zero-order valence-electron chi connectivity index (χ0n) is 13.0.